The predicted molar refractivity (Wildman–Crippen MR) is 125 cm³/mol. The van der Waals surface area contributed by atoms with Crippen molar-refractivity contribution < 1.29 is 26.7 Å². The van der Waals surface area contributed by atoms with Crippen molar-refractivity contribution in [3.63, 3.8) is 0 Å². The highest BCUT2D eigenvalue weighted by molar-refractivity contribution is 7.78. The summed E-state index contributed by atoms with van der Waals surface area (Å²) in [6, 6.07) is 5.72. The van der Waals surface area contributed by atoms with Crippen LogP contribution in [0.4, 0.5) is 5.69 Å². The van der Waals surface area contributed by atoms with E-state index in [0.717, 1.165) is 12.2 Å². The van der Waals surface area contributed by atoms with E-state index in [4.69, 9.17) is 0 Å². The lowest BCUT2D eigenvalue weighted by Crippen LogP contribution is -3.00. The molecule has 0 aromatic heterocycles. The minimum absolute atomic E-state index is 0. The first-order chi connectivity index (χ1) is 14.1. The topological polar surface area (TPSA) is 72.2 Å². The molecule has 0 fully saturated rings. The molecule has 172 valence electrons. The second kappa shape index (κ2) is 19.9. The number of unbranched alkanes of at least 4 members (excludes halogenated alkanes) is 10. The summed E-state index contributed by atoms with van der Waals surface area (Å²) < 4.78 is 0. The van der Waals surface area contributed by atoms with Crippen molar-refractivity contribution in [2.24, 2.45) is 0 Å². The van der Waals surface area contributed by atoms with Crippen molar-refractivity contribution >= 4 is 23.4 Å². The highest BCUT2D eigenvalue weighted by Gasteiger charge is 2.09. The van der Waals surface area contributed by atoms with Gasteiger partial charge >= 0.3 is 0 Å². The Hall–Kier alpha value is -1.08. The van der Waals surface area contributed by atoms with Crippen LogP contribution in [0.25, 0.3) is 0 Å². The van der Waals surface area contributed by atoms with Crippen LogP contribution >= 0.6 is 0 Å². The standard InChI is InChI=1S/C23H38N2O3S.BrH/c1-2-3-4-5-6-7-8-9-10-11-12-19-29-20-13-18-24-23(26)21-14-16-22(17-15-21)25(27)28;/h14-17H,2-13,18-20H2,1H3,(H,24,26);1H. The summed E-state index contributed by atoms with van der Waals surface area (Å²) in [6.45, 7) is 2.92. The molecule has 0 saturated heterocycles. The van der Waals surface area contributed by atoms with Gasteiger partial charge in [-0.15, -0.1) is 0 Å². The molecule has 1 rings (SSSR count). The van der Waals surface area contributed by atoms with Crippen LogP contribution in [-0.4, -0.2) is 28.9 Å². The fourth-order valence-electron chi connectivity index (χ4n) is 3.23. The molecule has 0 heterocycles. The molecule has 1 amide bonds. The molecule has 0 bridgehead atoms. The van der Waals surface area contributed by atoms with E-state index in [9.17, 15) is 14.9 Å². The van der Waals surface area contributed by atoms with E-state index in [1.165, 1.54) is 112 Å². The van der Waals surface area contributed by atoms with E-state index in [0.29, 0.717) is 12.1 Å². The lowest BCUT2D eigenvalue weighted by molar-refractivity contribution is -0.384. The van der Waals surface area contributed by atoms with Crippen molar-refractivity contribution in [3.05, 3.63) is 39.9 Å². The van der Waals surface area contributed by atoms with Crippen LogP contribution in [0, 0.1) is 10.1 Å². The van der Waals surface area contributed by atoms with Crippen molar-refractivity contribution in [3.8, 4) is 0 Å². The molecule has 0 radical (unpaired) electrons. The van der Waals surface area contributed by atoms with E-state index in [1.807, 2.05) is 0 Å². The van der Waals surface area contributed by atoms with Crippen LogP contribution in [-0.2, 0) is 11.8 Å². The molecule has 30 heavy (non-hydrogen) atoms. The number of carbonyl (C=O) groups is 1. The van der Waals surface area contributed by atoms with Crippen LogP contribution in [0.3, 0.4) is 0 Å². The Morgan fingerprint density at radius 2 is 1.37 bits per heavy atom. The number of hydrogen-bond donors (Lipinski definition) is 1. The van der Waals surface area contributed by atoms with Crippen molar-refractivity contribution in [2.45, 2.75) is 84.0 Å². The smallest absolute Gasteiger partial charge is 0.269 e. The molecule has 5 nitrogen and oxygen atoms in total. The van der Waals surface area contributed by atoms with Crippen molar-refractivity contribution in [1.29, 1.82) is 0 Å². The molecular weight excluding hydrogens is 464 g/mol. The van der Waals surface area contributed by atoms with Crippen molar-refractivity contribution in [2.75, 3.05) is 18.1 Å². The molecule has 0 atom stereocenters. The third-order valence-corrected chi connectivity index (χ3v) is 6.30. The van der Waals surface area contributed by atoms with E-state index in [-0.39, 0.29) is 28.6 Å². The zero-order valence-corrected chi connectivity index (χ0v) is 20.9. The maximum Gasteiger partial charge on any atom is 0.269 e. The SMILES string of the molecule is CCCCCCCCCCCCC[SH+]CCCNC(=O)c1ccc([N+](=O)[O-])cc1.[Br-]. The van der Waals surface area contributed by atoms with Gasteiger partial charge in [0.05, 0.1) is 4.92 Å². The van der Waals surface area contributed by atoms with Crippen LogP contribution in [0.5, 0.6) is 0 Å². The number of nitro groups is 1. The number of rotatable bonds is 18. The van der Waals surface area contributed by atoms with Crippen LogP contribution in [0.1, 0.15) is 94.3 Å². The van der Waals surface area contributed by atoms with Crippen LogP contribution < -0.4 is 22.3 Å². The molecular formula is C23H39BrN2O3S. The first kappa shape index (κ1) is 28.9. The minimum Gasteiger partial charge on any atom is -1.00 e. The summed E-state index contributed by atoms with van der Waals surface area (Å²) in [4.78, 5) is 22.2. The maximum absolute atomic E-state index is 12.0. The van der Waals surface area contributed by atoms with E-state index in [1.54, 1.807) is 0 Å². The third-order valence-electron chi connectivity index (χ3n) is 5.04. The van der Waals surface area contributed by atoms with E-state index >= 15 is 0 Å². The van der Waals surface area contributed by atoms with Gasteiger partial charge in [0.15, 0.2) is 0 Å². The van der Waals surface area contributed by atoms with Gasteiger partial charge in [0, 0.05) is 30.7 Å². The zero-order valence-electron chi connectivity index (χ0n) is 18.4. The Morgan fingerprint density at radius 3 is 1.90 bits per heavy atom. The normalized spacial score (nSPS) is 10.4. The summed E-state index contributed by atoms with van der Waals surface area (Å²) in [6.07, 6.45) is 16.2. The number of nitrogens with one attached hydrogen (secondary N) is 1. The number of hydrogen-bond acceptors (Lipinski definition) is 3. The summed E-state index contributed by atoms with van der Waals surface area (Å²) in [7, 11) is 0. The van der Waals surface area contributed by atoms with E-state index < -0.39 is 4.92 Å². The quantitative estimate of drug-likeness (QED) is 0.110. The van der Waals surface area contributed by atoms with Gasteiger partial charge in [-0.05, 0) is 36.7 Å². The Balaban J connectivity index is 0.00000841. The first-order valence-electron chi connectivity index (χ1n) is 11.3. The second-order valence-electron chi connectivity index (χ2n) is 7.62. The highest BCUT2D eigenvalue weighted by atomic mass is 79.9. The molecule has 0 aliphatic carbocycles. The lowest BCUT2D eigenvalue weighted by Gasteiger charge is -2.03. The van der Waals surface area contributed by atoms with Gasteiger partial charge < -0.3 is 22.3 Å². The first-order valence-corrected chi connectivity index (χ1v) is 12.6. The molecule has 0 spiro atoms. The van der Waals surface area contributed by atoms with Gasteiger partial charge in [-0.25, -0.2) is 0 Å². The third kappa shape index (κ3) is 14.8. The highest BCUT2D eigenvalue weighted by Crippen LogP contribution is 2.12. The summed E-state index contributed by atoms with van der Waals surface area (Å²) in [5, 5.41) is 13.5. The van der Waals surface area contributed by atoms with Crippen molar-refractivity contribution in [1.82, 2.24) is 5.32 Å². The number of nitro benzene ring substituents is 1. The summed E-state index contributed by atoms with van der Waals surface area (Å²) >= 11 is 1.47. The number of carbonyl (C=O) groups excluding carboxylic acids is 1. The van der Waals surface area contributed by atoms with Gasteiger partial charge in [-0.3, -0.25) is 14.9 Å². The summed E-state index contributed by atoms with van der Waals surface area (Å²) in [5.41, 5.74) is 0.469. The molecule has 0 saturated carbocycles. The predicted octanol–water partition coefficient (Wildman–Crippen LogP) is 2.84. The Bertz CT molecular complexity index is 570. The largest absolute Gasteiger partial charge is 1.00 e. The van der Waals surface area contributed by atoms with Crippen LogP contribution in [0.2, 0.25) is 0 Å². The number of nitrogens with zero attached hydrogens (tertiary/aromatic N) is 1. The molecule has 7 heteroatoms. The van der Waals surface area contributed by atoms with Gasteiger partial charge in [-0.1, -0.05) is 64.7 Å². The average Bonchev–Trinajstić information content (AvgIpc) is 2.73. The molecule has 0 aliphatic rings. The maximum atomic E-state index is 12.0. The molecule has 1 N–H and O–H groups in total. The fraction of sp³-hybridized carbons (Fsp3) is 0.696. The number of benzene rings is 1. The van der Waals surface area contributed by atoms with Gasteiger partial charge in [0.2, 0.25) is 0 Å². The number of non-ortho nitro benzene ring substituents is 1. The minimum atomic E-state index is -0.462. The van der Waals surface area contributed by atoms with Gasteiger partial charge in [-0.2, -0.15) is 0 Å². The zero-order chi connectivity index (χ0) is 21.2. The van der Waals surface area contributed by atoms with E-state index in [2.05, 4.69) is 12.2 Å². The number of halogens is 1. The van der Waals surface area contributed by atoms with Crippen LogP contribution in [0.15, 0.2) is 24.3 Å². The lowest BCUT2D eigenvalue weighted by atomic mass is 10.1. The monoisotopic (exact) mass is 502 g/mol. The molecule has 0 aliphatic heterocycles. The van der Waals surface area contributed by atoms with Gasteiger partial charge in [0.25, 0.3) is 11.6 Å². The Kier molecular flexibility index (Phi) is 19.1. The fourth-order valence-corrected chi connectivity index (χ4v) is 4.28. The number of thiol groups is 1. The van der Waals surface area contributed by atoms with Gasteiger partial charge in [0.1, 0.15) is 11.5 Å². The summed E-state index contributed by atoms with van der Waals surface area (Å²) in [5.74, 6) is 2.20. The number of amides is 1. The Morgan fingerprint density at radius 1 is 0.867 bits per heavy atom. The molecule has 1 aromatic carbocycles. The molecule has 1 aromatic rings. The second-order valence-corrected chi connectivity index (χ2v) is 8.96. The average molecular weight is 504 g/mol. The Labute approximate surface area is 197 Å². The molecule has 0 unspecified atom stereocenters.